The summed E-state index contributed by atoms with van der Waals surface area (Å²) in [6.07, 6.45) is -0.872. The molecule has 0 aliphatic carbocycles. The maximum absolute atomic E-state index is 12.1. The summed E-state index contributed by atoms with van der Waals surface area (Å²) < 4.78 is 34.1. The van der Waals surface area contributed by atoms with Crippen LogP contribution < -0.4 is 9.64 Å². The first-order valence-corrected chi connectivity index (χ1v) is 8.87. The predicted molar refractivity (Wildman–Crippen MR) is 84.1 cm³/mol. The Morgan fingerprint density at radius 1 is 1.13 bits per heavy atom. The number of benzene rings is 1. The minimum Gasteiger partial charge on any atom is -0.497 e. The van der Waals surface area contributed by atoms with Crippen LogP contribution >= 0.6 is 0 Å². The summed E-state index contributed by atoms with van der Waals surface area (Å²) in [6.45, 7) is 2.56. The minimum absolute atomic E-state index is 0.240. The van der Waals surface area contributed by atoms with Gasteiger partial charge in [-0.2, -0.15) is 0 Å². The van der Waals surface area contributed by atoms with Crippen molar-refractivity contribution in [2.75, 3.05) is 23.5 Å². The average Bonchev–Trinajstić information content (AvgIpc) is 2.73. The van der Waals surface area contributed by atoms with E-state index in [-0.39, 0.29) is 17.4 Å². The highest BCUT2D eigenvalue weighted by atomic mass is 32.2. The van der Waals surface area contributed by atoms with E-state index in [1.165, 1.54) is 25.9 Å². The minimum atomic E-state index is -3.39. The number of carbonyl (C=O) groups excluding carboxylic acids is 2. The lowest BCUT2D eigenvalue weighted by Gasteiger charge is -2.31. The molecule has 2 rings (SSSR count). The molecule has 1 heterocycles. The molecular formula is C15H19NO6S. The van der Waals surface area contributed by atoms with Crippen LogP contribution in [0.3, 0.4) is 0 Å². The van der Waals surface area contributed by atoms with Crippen LogP contribution in [0.5, 0.6) is 5.75 Å². The Morgan fingerprint density at radius 2 is 1.74 bits per heavy atom. The molecule has 7 nitrogen and oxygen atoms in total. The molecule has 0 aromatic heterocycles. The van der Waals surface area contributed by atoms with Crippen LogP contribution in [0.25, 0.3) is 0 Å². The number of ether oxygens (including phenoxy) is 2. The fourth-order valence-corrected chi connectivity index (χ4v) is 4.52. The zero-order valence-corrected chi connectivity index (χ0v) is 14.0. The van der Waals surface area contributed by atoms with Crippen molar-refractivity contribution in [2.45, 2.75) is 26.0 Å². The van der Waals surface area contributed by atoms with Gasteiger partial charge in [-0.3, -0.25) is 9.59 Å². The molecule has 126 valence electrons. The van der Waals surface area contributed by atoms with Crippen LogP contribution in [0.15, 0.2) is 24.3 Å². The largest absolute Gasteiger partial charge is 0.497 e. The molecule has 0 saturated carbocycles. The van der Waals surface area contributed by atoms with Gasteiger partial charge in [0.05, 0.1) is 24.7 Å². The number of amides is 1. The molecule has 0 N–H and O–H groups in total. The standard InChI is InChI=1S/C15H19NO6S/c1-10(17)16(12-4-6-13(21-3)7-5-12)14-8-23(19,20)9-15(14)22-11(2)18/h4-7,14-15H,8-9H2,1-3H3/t14-,15-/m1/s1. The Morgan fingerprint density at radius 3 is 2.22 bits per heavy atom. The highest BCUT2D eigenvalue weighted by Gasteiger charge is 2.44. The van der Waals surface area contributed by atoms with Gasteiger partial charge in [-0.05, 0) is 24.3 Å². The molecule has 0 spiro atoms. The number of sulfone groups is 1. The number of esters is 1. The van der Waals surface area contributed by atoms with Crippen LogP contribution in [-0.2, 0) is 24.2 Å². The topological polar surface area (TPSA) is 90.0 Å². The summed E-state index contributed by atoms with van der Waals surface area (Å²) in [4.78, 5) is 24.7. The van der Waals surface area contributed by atoms with Crippen molar-refractivity contribution in [3.63, 3.8) is 0 Å². The smallest absolute Gasteiger partial charge is 0.303 e. The fourth-order valence-electron chi connectivity index (χ4n) is 2.71. The lowest BCUT2D eigenvalue weighted by Crippen LogP contribution is -2.47. The SMILES string of the molecule is COc1ccc(N(C(C)=O)[C@@H]2CS(=O)(=O)C[C@H]2OC(C)=O)cc1. The molecule has 1 aromatic carbocycles. The van der Waals surface area contributed by atoms with Gasteiger partial charge in [-0.15, -0.1) is 0 Å². The first-order valence-electron chi connectivity index (χ1n) is 7.05. The van der Waals surface area contributed by atoms with E-state index < -0.39 is 28.0 Å². The molecule has 1 aliphatic rings. The molecule has 1 amide bonds. The van der Waals surface area contributed by atoms with Crippen LogP contribution in [-0.4, -0.2) is 51.1 Å². The molecule has 2 atom stereocenters. The van der Waals surface area contributed by atoms with Crippen molar-refractivity contribution >= 4 is 27.4 Å². The van der Waals surface area contributed by atoms with Crippen molar-refractivity contribution in [3.8, 4) is 5.75 Å². The van der Waals surface area contributed by atoms with E-state index in [0.29, 0.717) is 11.4 Å². The van der Waals surface area contributed by atoms with Crippen LogP contribution in [0.1, 0.15) is 13.8 Å². The second-order valence-electron chi connectivity index (χ2n) is 5.38. The highest BCUT2D eigenvalue weighted by Crippen LogP contribution is 2.28. The van der Waals surface area contributed by atoms with Crippen molar-refractivity contribution in [1.82, 2.24) is 0 Å². The van der Waals surface area contributed by atoms with Crippen LogP contribution in [0, 0.1) is 0 Å². The Hall–Kier alpha value is -2.09. The number of hydrogen-bond acceptors (Lipinski definition) is 6. The molecule has 1 saturated heterocycles. The first-order chi connectivity index (χ1) is 10.7. The molecule has 8 heteroatoms. The van der Waals surface area contributed by atoms with E-state index in [4.69, 9.17) is 9.47 Å². The van der Waals surface area contributed by atoms with E-state index >= 15 is 0 Å². The summed E-state index contributed by atoms with van der Waals surface area (Å²) in [5.41, 5.74) is 0.526. The number of nitrogens with zero attached hydrogens (tertiary/aromatic N) is 1. The number of carbonyl (C=O) groups is 2. The van der Waals surface area contributed by atoms with Gasteiger partial charge in [-0.25, -0.2) is 8.42 Å². The normalized spacial score (nSPS) is 22.4. The fraction of sp³-hybridized carbons (Fsp3) is 0.467. The third-order valence-electron chi connectivity index (χ3n) is 3.61. The van der Waals surface area contributed by atoms with Gasteiger partial charge in [0, 0.05) is 19.5 Å². The van der Waals surface area contributed by atoms with Gasteiger partial charge < -0.3 is 14.4 Å². The van der Waals surface area contributed by atoms with Crippen molar-refractivity contribution in [1.29, 1.82) is 0 Å². The quantitative estimate of drug-likeness (QED) is 0.752. The summed E-state index contributed by atoms with van der Waals surface area (Å²) in [6, 6.07) is 5.94. The molecule has 1 aromatic rings. The third-order valence-corrected chi connectivity index (χ3v) is 5.30. The summed E-state index contributed by atoms with van der Waals surface area (Å²) >= 11 is 0. The number of hydrogen-bond donors (Lipinski definition) is 0. The third kappa shape index (κ3) is 4.01. The number of anilines is 1. The van der Waals surface area contributed by atoms with E-state index in [1.54, 1.807) is 24.3 Å². The summed E-state index contributed by atoms with van der Waals surface area (Å²) in [5.74, 6) is -0.800. The van der Waals surface area contributed by atoms with Gasteiger partial charge in [-0.1, -0.05) is 0 Å². The highest BCUT2D eigenvalue weighted by molar-refractivity contribution is 7.91. The predicted octanol–water partition coefficient (Wildman–Crippen LogP) is 0.777. The molecule has 0 unspecified atom stereocenters. The maximum atomic E-state index is 12.1. The Balaban J connectivity index is 2.37. The van der Waals surface area contributed by atoms with E-state index in [9.17, 15) is 18.0 Å². The monoisotopic (exact) mass is 341 g/mol. The second kappa shape index (κ2) is 6.57. The van der Waals surface area contributed by atoms with E-state index in [0.717, 1.165) is 0 Å². The zero-order chi connectivity index (χ0) is 17.2. The molecule has 0 radical (unpaired) electrons. The van der Waals surface area contributed by atoms with Crippen LogP contribution in [0.4, 0.5) is 5.69 Å². The molecule has 1 fully saturated rings. The lowest BCUT2D eigenvalue weighted by atomic mass is 10.1. The maximum Gasteiger partial charge on any atom is 0.303 e. The summed E-state index contributed by atoms with van der Waals surface area (Å²) in [7, 11) is -1.86. The summed E-state index contributed by atoms with van der Waals surface area (Å²) in [5, 5.41) is 0. The van der Waals surface area contributed by atoms with Crippen molar-refractivity contribution in [2.24, 2.45) is 0 Å². The molecule has 23 heavy (non-hydrogen) atoms. The Labute approximate surface area is 135 Å². The Bertz CT molecular complexity index is 697. The second-order valence-corrected chi connectivity index (χ2v) is 7.53. The Kier molecular flexibility index (Phi) is 4.93. The van der Waals surface area contributed by atoms with Crippen molar-refractivity contribution < 1.29 is 27.5 Å². The number of methoxy groups -OCH3 is 1. The number of rotatable bonds is 4. The molecule has 0 bridgehead atoms. The van der Waals surface area contributed by atoms with Crippen molar-refractivity contribution in [3.05, 3.63) is 24.3 Å². The van der Waals surface area contributed by atoms with Gasteiger partial charge in [0.25, 0.3) is 0 Å². The van der Waals surface area contributed by atoms with Gasteiger partial charge >= 0.3 is 5.97 Å². The van der Waals surface area contributed by atoms with Gasteiger partial charge in [0.2, 0.25) is 5.91 Å². The van der Waals surface area contributed by atoms with E-state index in [2.05, 4.69) is 0 Å². The first kappa shape index (κ1) is 17.3. The molecule has 1 aliphatic heterocycles. The van der Waals surface area contributed by atoms with Gasteiger partial charge in [0.1, 0.15) is 11.9 Å². The van der Waals surface area contributed by atoms with E-state index in [1.807, 2.05) is 0 Å². The average molecular weight is 341 g/mol. The zero-order valence-electron chi connectivity index (χ0n) is 13.2. The molecular weight excluding hydrogens is 322 g/mol. The lowest BCUT2D eigenvalue weighted by molar-refractivity contribution is -0.146. The van der Waals surface area contributed by atoms with Crippen LogP contribution in [0.2, 0.25) is 0 Å². The van der Waals surface area contributed by atoms with Gasteiger partial charge in [0.15, 0.2) is 9.84 Å².